The van der Waals surface area contributed by atoms with Gasteiger partial charge in [-0.25, -0.2) is 12.8 Å². The Morgan fingerprint density at radius 3 is 1.46 bits per heavy atom. The van der Waals surface area contributed by atoms with Crippen molar-refractivity contribution in [3.05, 3.63) is 96.9 Å². The van der Waals surface area contributed by atoms with Gasteiger partial charge in [-0.3, -0.25) is 0 Å². The maximum absolute atomic E-state index is 12.2. The van der Waals surface area contributed by atoms with Crippen LogP contribution in [0.5, 0.6) is 0 Å². The fourth-order valence-corrected chi connectivity index (χ4v) is 4.92. The summed E-state index contributed by atoms with van der Waals surface area (Å²) in [7, 11) is -4.44. The van der Waals surface area contributed by atoms with Crippen LogP contribution in [0.25, 0.3) is 0 Å². The van der Waals surface area contributed by atoms with E-state index in [1.54, 1.807) is 0 Å². The smallest absolute Gasteiger partial charge is 0.357 e. The quantitative estimate of drug-likeness (QED) is 0.386. The minimum absolute atomic E-state index is 0.00746. The van der Waals surface area contributed by atoms with E-state index < -0.39 is 20.8 Å². The molecule has 0 unspecified atom stereocenters. The Bertz CT molecular complexity index is 922. The minimum atomic E-state index is -4.44. The van der Waals surface area contributed by atoms with Crippen LogP contribution in [0.1, 0.15) is 25.0 Å². The van der Waals surface area contributed by atoms with E-state index in [1.807, 2.05) is 0 Å². The highest BCUT2D eigenvalue weighted by Gasteiger charge is 2.14. The van der Waals surface area contributed by atoms with E-state index in [0.717, 1.165) is 37.1 Å². The van der Waals surface area contributed by atoms with Crippen molar-refractivity contribution in [3.8, 4) is 0 Å². The van der Waals surface area contributed by atoms with Gasteiger partial charge in [-0.1, -0.05) is 38.1 Å². The van der Waals surface area contributed by atoms with Gasteiger partial charge in [0.05, 0.1) is 4.90 Å². The Morgan fingerprint density at radius 2 is 1.14 bits per heavy atom. The summed E-state index contributed by atoms with van der Waals surface area (Å²) in [4.78, 5) is -0.418. The van der Waals surface area contributed by atoms with Crippen molar-refractivity contribution in [2.75, 3.05) is 0 Å². The van der Waals surface area contributed by atoms with Crippen LogP contribution >= 0.6 is 0 Å². The van der Waals surface area contributed by atoms with E-state index in [-0.39, 0.29) is 21.2 Å². The molecule has 0 saturated carbocycles. The normalized spacial score (nSPS) is 10.9. The molecule has 0 saturated heterocycles. The molecule has 3 aromatic rings. The lowest BCUT2D eigenvalue weighted by molar-refractivity contribution is -0.597. The minimum Gasteiger partial charge on any atom is -0.744 e. The molecule has 0 amide bonds. The lowest BCUT2D eigenvalue weighted by Crippen LogP contribution is -3.61. The van der Waals surface area contributed by atoms with Gasteiger partial charge < -0.3 is 4.55 Å². The van der Waals surface area contributed by atoms with Crippen molar-refractivity contribution >= 4 is 10.1 Å². The average Bonchev–Trinajstić information content (AvgIpc) is 2.69. The van der Waals surface area contributed by atoms with E-state index in [0.29, 0.717) is 0 Å². The second-order valence-electron chi connectivity index (χ2n) is 5.96. The Hall–Kier alpha value is -1.77. The summed E-state index contributed by atoms with van der Waals surface area (Å²) in [6.45, 7) is 4.40. The molecule has 3 aromatic carbocycles. The van der Waals surface area contributed by atoms with Gasteiger partial charge in [0.1, 0.15) is 15.9 Å². The lowest BCUT2D eigenvalue weighted by atomic mass is 10.2. The summed E-state index contributed by atoms with van der Waals surface area (Å²) in [5.74, 6) is -0.572. The van der Waals surface area contributed by atoms with Gasteiger partial charge in [0.15, 0.2) is 7.14 Å². The third-order valence-corrected chi connectivity index (χ3v) is 7.50. The maximum atomic E-state index is 12.2. The molecule has 0 aliphatic rings. The molecule has 0 atom stereocenters. The van der Waals surface area contributed by atoms with E-state index in [9.17, 15) is 17.4 Å². The topological polar surface area (TPSA) is 57.2 Å². The predicted molar refractivity (Wildman–Crippen MR) is 103 cm³/mol. The summed E-state index contributed by atoms with van der Waals surface area (Å²) in [5.41, 5.74) is 2.86. The van der Waals surface area contributed by atoms with Crippen LogP contribution < -0.4 is 21.2 Å². The first-order chi connectivity index (χ1) is 13.3. The highest BCUT2D eigenvalue weighted by atomic mass is 127. The van der Waals surface area contributed by atoms with Gasteiger partial charge in [-0.15, -0.1) is 0 Å². The lowest BCUT2D eigenvalue weighted by Gasteiger charge is -2.04. The summed E-state index contributed by atoms with van der Waals surface area (Å²) in [6, 6.07) is 21.9. The Balaban J connectivity index is 0.000000221. The predicted octanol–water partition coefficient (Wildman–Crippen LogP) is 1.67. The second-order valence-corrected chi connectivity index (χ2v) is 10.4. The van der Waals surface area contributed by atoms with Crippen molar-refractivity contribution in [2.45, 2.75) is 31.6 Å². The summed E-state index contributed by atoms with van der Waals surface area (Å²) in [6.07, 6.45) is 2.26. The second kappa shape index (κ2) is 10.7. The molecule has 148 valence electrons. The molecule has 3 nitrogen and oxygen atoms in total. The zero-order chi connectivity index (χ0) is 20.6. The molecule has 0 aromatic heterocycles. The molecule has 0 heterocycles. The highest BCUT2D eigenvalue weighted by Crippen LogP contribution is 2.08. The molecular weight excluding hydrogens is 490 g/mol. The van der Waals surface area contributed by atoms with Crippen molar-refractivity contribution in [1.29, 1.82) is 0 Å². The van der Waals surface area contributed by atoms with Crippen LogP contribution in [-0.4, -0.2) is 13.0 Å². The van der Waals surface area contributed by atoms with Crippen LogP contribution in [-0.2, 0) is 23.0 Å². The SMILES string of the molecule is CCc1ccc([I+]c2ccc(CC)cc2)cc1.O=S(=O)([O-])c1ccc(F)cc1. The first-order valence-corrected chi connectivity index (χ1v) is 12.4. The molecule has 0 N–H and O–H groups in total. The van der Waals surface area contributed by atoms with Crippen LogP contribution in [0.3, 0.4) is 0 Å². The third-order valence-electron chi connectivity index (χ3n) is 3.96. The van der Waals surface area contributed by atoms with Crippen molar-refractivity contribution in [1.82, 2.24) is 0 Å². The van der Waals surface area contributed by atoms with Crippen molar-refractivity contribution < 1.29 is 38.6 Å². The summed E-state index contributed by atoms with van der Waals surface area (Å²) < 4.78 is 46.0. The standard InChI is InChI=1S/C16H18I.C6H5FO3S/c1-3-13-5-9-15(10-6-13)17-16-11-7-14(4-2)8-12-16;7-5-1-3-6(4-2-5)11(8,9)10/h5-12H,3-4H2,1-2H3;1-4H,(H,8,9,10)/q+1;/p-1. The molecule has 0 spiro atoms. The number of hydrogen-bond acceptors (Lipinski definition) is 3. The van der Waals surface area contributed by atoms with Crippen LogP contribution in [0.4, 0.5) is 4.39 Å². The zero-order valence-corrected chi connectivity index (χ0v) is 18.7. The summed E-state index contributed by atoms with van der Waals surface area (Å²) >= 11 is -0.00746. The molecule has 0 aliphatic heterocycles. The van der Waals surface area contributed by atoms with Crippen LogP contribution in [0, 0.1) is 13.0 Å². The first kappa shape index (κ1) is 22.5. The maximum Gasteiger partial charge on any atom is 0.357 e. The number of halogens is 2. The number of benzene rings is 3. The van der Waals surface area contributed by atoms with Gasteiger partial charge in [-0.05, 0) is 72.5 Å². The van der Waals surface area contributed by atoms with Crippen LogP contribution in [0.15, 0.2) is 77.7 Å². The van der Waals surface area contributed by atoms with E-state index in [1.165, 1.54) is 18.3 Å². The number of rotatable bonds is 5. The molecule has 0 fully saturated rings. The van der Waals surface area contributed by atoms with Gasteiger partial charge in [-0.2, -0.15) is 0 Å². The van der Waals surface area contributed by atoms with Crippen molar-refractivity contribution in [3.63, 3.8) is 0 Å². The largest absolute Gasteiger partial charge is 0.744 e. The average molecular weight is 512 g/mol. The molecule has 0 radical (unpaired) electrons. The molecule has 3 rings (SSSR count). The Morgan fingerprint density at radius 1 is 0.750 bits per heavy atom. The van der Waals surface area contributed by atoms with Gasteiger partial charge in [0.2, 0.25) is 0 Å². The molecule has 6 heteroatoms. The molecule has 0 aliphatic carbocycles. The van der Waals surface area contributed by atoms with E-state index in [4.69, 9.17) is 0 Å². The molecular formula is C22H22FIO3S. The van der Waals surface area contributed by atoms with Gasteiger partial charge in [0, 0.05) is 0 Å². The van der Waals surface area contributed by atoms with Crippen molar-refractivity contribution in [2.24, 2.45) is 0 Å². The summed E-state index contributed by atoms with van der Waals surface area (Å²) in [5, 5.41) is 0. The van der Waals surface area contributed by atoms with E-state index in [2.05, 4.69) is 62.4 Å². The number of hydrogen-bond donors (Lipinski definition) is 0. The number of aryl methyl sites for hydroxylation is 2. The Kier molecular flexibility index (Phi) is 8.59. The van der Waals surface area contributed by atoms with E-state index >= 15 is 0 Å². The molecule has 0 bridgehead atoms. The third kappa shape index (κ3) is 7.33. The highest BCUT2D eigenvalue weighted by molar-refractivity contribution is 7.85. The van der Waals surface area contributed by atoms with Gasteiger partial charge >= 0.3 is 21.2 Å². The molecule has 28 heavy (non-hydrogen) atoms. The monoisotopic (exact) mass is 512 g/mol. The first-order valence-electron chi connectivity index (χ1n) is 8.86. The zero-order valence-electron chi connectivity index (χ0n) is 15.7. The Labute approximate surface area is 176 Å². The van der Waals surface area contributed by atoms with Gasteiger partial charge in [0.25, 0.3) is 0 Å². The van der Waals surface area contributed by atoms with Crippen LogP contribution in [0.2, 0.25) is 0 Å². The fourth-order valence-electron chi connectivity index (χ4n) is 2.29. The fraction of sp³-hybridized carbons (Fsp3) is 0.182.